The number of hydrogen-bond donors (Lipinski definition) is 2. The summed E-state index contributed by atoms with van der Waals surface area (Å²) in [5.41, 5.74) is 0. The highest BCUT2D eigenvalue weighted by Crippen LogP contribution is 2.27. The largest absolute Gasteiger partial charge is 0.395 e. The third-order valence-electron chi connectivity index (χ3n) is 3.01. The van der Waals surface area contributed by atoms with Gasteiger partial charge in [-0.15, -0.1) is 11.3 Å². The number of aliphatic hydroxyl groups excluding tert-OH is 1. The molecule has 0 aliphatic rings. The molecule has 0 amide bonds. The standard InChI is InChI=1S/C12H20BrNOS/c1-4-8(2)10(7-15)14-9(3)11-5-6-12(13)16-11/h5-6,8-10,14-15H,4,7H2,1-3H3. The lowest BCUT2D eigenvalue weighted by Crippen LogP contribution is -2.39. The first-order chi connectivity index (χ1) is 7.58. The van der Waals surface area contributed by atoms with Crippen molar-refractivity contribution in [3.05, 3.63) is 20.8 Å². The highest BCUT2D eigenvalue weighted by Gasteiger charge is 2.18. The molecule has 1 aromatic heterocycles. The average Bonchev–Trinajstić information content (AvgIpc) is 2.71. The minimum atomic E-state index is 0.181. The Bertz CT molecular complexity index is 316. The van der Waals surface area contributed by atoms with Gasteiger partial charge in [0.25, 0.3) is 0 Å². The van der Waals surface area contributed by atoms with Crippen LogP contribution in [0.3, 0.4) is 0 Å². The zero-order valence-electron chi connectivity index (χ0n) is 10.0. The highest BCUT2D eigenvalue weighted by molar-refractivity contribution is 9.11. The van der Waals surface area contributed by atoms with E-state index >= 15 is 0 Å². The van der Waals surface area contributed by atoms with Crippen LogP contribution in [-0.4, -0.2) is 17.8 Å². The van der Waals surface area contributed by atoms with Gasteiger partial charge in [-0.25, -0.2) is 0 Å². The van der Waals surface area contributed by atoms with Gasteiger partial charge in [0.2, 0.25) is 0 Å². The van der Waals surface area contributed by atoms with E-state index in [2.05, 4.69) is 54.2 Å². The van der Waals surface area contributed by atoms with Gasteiger partial charge < -0.3 is 10.4 Å². The minimum Gasteiger partial charge on any atom is -0.395 e. The number of hydrogen-bond acceptors (Lipinski definition) is 3. The molecule has 0 aliphatic carbocycles. The fraction of sp³-hybridized carbons (Fsp3) is 0.667. The van der Waals surface area contributed by atoms with Gasteiger partial charge in [-0.1, -0.05) is 20.3 Å². The lowest BCUT2D eigenvalue weighted by Gasteiger charge is -2.25. The summed E-state index contributed by atoms with van der Waals surface area (Å²) in [4.78, 5) is 1.30. The maximum absolute atomic E-state index is 9.36. The van der Waals surface area contributed by atoms with E-state index in [9.17, 15) is 5.11 Å². The lowest BCUT2D eigenvalue weighted by atomic mass is 9.99. The van der Waals surface area contributed by atoms with E-state index in [4.69, 9.17) is 0 Å². The molecule has 0 bridgehead atoms. The van der Waals surface area contributed by atoms with E-state index < -0.39 is 0 Å². The minimum absolute atomic E-state index is 0.181. The van der Waals surface area contributed by atoms with Gasteiger partial charge in [0.1, 0.15) is 0 Å². The summed E-state index contributed by atoms with van der Waals surface area (Å²) in [6.45, 7) is 6.67. The molecule has 1 aromatic rings. The van der Waals surface area contributed by atoms with Gasteiger partial charge in [-0.2, -0.15) is 0 Å². The summed E-state index contributed by atoms with van der Waals surface area (Å²) in [5, 5.41) is 12.8. The molecule has 0 aliphatic heterocycles. The van der Waals surface area contributed by atoms with Crippen LogP contribution in [-0.2, 0) is 0 Å². The van der Waals surface area contributed by atoms with Gasteiger partial charge >= 0.3 is 0 Å². The van der Waals surface area contributed by atoms with E-state index in [-0.39, 0.29) is 12.6 Å². The van der Waals surface area contributed by atoms with Gasteiger partial charge in [-0.3, -0.25) is 0 Å². The van der Waals surface area contributed by atoms with Crippen molar-refractivity contribution in [2.45, 2.75) is 39.3 Å². The number of halogens is 1. The van der Waals surface area contributed by atoms with Crippen molar-refractivity contribution in [1.82, 2.24) is 5.32 Å². The van der Waals surface area contributed by atoms with E-state index in [0.717, 1.165) is 10.2 Å². The molecule has 1 rings (SSSR count). The van der Waals surface area contributed by atoms with Gasteiger partial charge in [-0.05, 0) is 40.9 Å². The molecule has 2 N–H and O–H groups in total. The van der Waals surface area contributed by atoms with Crippen LogP contribution in [0.1, 0.15) is 38.1 Å². The Morgan fingerprint density at radius 1 is 1.44 bits per heavy atom. The second-order valence-electron chi connectivity index (χ2n) is 4.20. The van der Waals surface area contributed by atoms with Crippen LogP contribution in [0.4, 0.5) is 0 Å². The van der Waals surface area contributed by atoms with Crippen LogP contribution in [0.2, 0.25) is 0 Å². The van der Waals surface area contributed by atoms with Crippen LogP contribution in [0.5, 0.6) is 0 Å². The molecule has 16 heavy (non-hydrogen) atoms. The Morgan fingerprint density at radius 3 is 2.56 bits per heavy atom. The third kappa shape index (κ3) is 3.84. The molecule has 0 spiro atoms. The lowest BCUT2D eigenvalue weighted by molar-refractivity contribution is 0.193. The molecule has 3 unspecified atom stereocenters. The van der Waals surface area contributed by atoms with Crippen molar-refractivity contribution < 1.29 is 5.11 Å². The van der Waals surface area contributed by atoms with E-state index in [1.165, 1.54) is 4.88 Å². The molecule has 0 radical (unpaired) electrons. The molecular weight excluding hydrogens is 286 g/mol. The highest BCUT2D eigenvalue weighted by atomic mass is 79.9. The van der Waals surface area contributed by atoms with Gasteiger partial charge in [0.15, 0.2) is 0 Å². The van der Waals surface area contributed by atoms with Crippen molar-refractivity contribution in [2.75, 3.05) is 6.61 Å². The van der Waals surface area contributed by atoms with Gasteiger partial charge in [0, 0.05) is 17.0 Å². The Labute approximate surface area is 110 Å². The van der Waals surface area contributed by atoms with Crippen LogP contribution in [0.15, 0.2) is 15.9 Å². The van der Waals surface area contributed by atoms with E-state index in [0.29, 0.717) is 12.0 Å². The monoisotopic (exact) mass is 305 g/mol. The molecular formula is C12H20BrNOS. The molecule has 2 nitrogen and oxygen atoms in total. The first-order valence-corrected chi connectivity index (χ1v) is 7.31. The van der Waals surface area contributed by atoms with E-state index in [1.54, 1.807) is 11.3 Å². The van der Waals surface area contributed by atoms with Crippen molar-refractivity contribution in [1.29, 1.82) is 0 Å². The van der Waals surface area contributed by atoms with Crippen molar-refractivity contribution >= 4 is 27.3 Å². The fourth-order valence-corrected chi connectivity index (χ4v) is 3.08. The van der Waals surface area contributed by atoms with Crippen LogP contribution in [0, 0.1) is 5.92 Å². The van der Waals surface area contributed by atoms with Crippen molar-refractivity contribution in [2.24, 2.45) is 5.92 Å². The molecule has 4 heteroatoms. The first kappa shape index (κ1) is 14.2. The molecule has 1 heterocycles. The Balaban J connectivity index is 2.58. The second kappa shape index (κ2) is 6.74. The Hall–Kier alpha value is 0.1000. The number of thiophene rings is 1. The summed E-state index contributed by atoms with van der Waals surface area (Å²) in [6, 6.07) is 4.66. The summed E-state index contributed by atoms with van der Waals surface area (Å²) >= 11 is 5.21. The smallest absolute Gasteiger partial charge is 0.0701 e. The molecule has 0 saturated heterocycles. The molecule has 0 fully saturated rings. The molecule has 92 valence electrons. The maximum atomic E-state index is 9.36. The van der Waals surface area contributed by atoms with Gasteiger partial charge in [0.05, 0.1) is 10.4 Å². The summed E-state index contributed by atoms with van der Waals surface area (Å²) < 4.78 is 1.15. The topological polar surface area (TPSA) is 32.3 Å². The predicted molar refractivity (Wildman–Crippen MR) is 73.9 cm³/mol. The fourth-order valence-electron chi connectivity index (χ4n) is 1.65. The molecule has 0 saturated carbocycles. The average molecular weight is 306 g/mol. The predicted octanol–water partition coefficient (Wildman–Crippen LogP) is 3.57. The molecule has 3 atom stereocenters. The summed E-state index contributed by atoms with van der Waals surface area (Å²) in [6.07, 6.45) is 1.08. The number of nitrogens with one attached hydrogen (secondary N) is 1. The Kier molecular flexibility index (Phi) is 5.97. The Morgan fingerprint density at radius 2 is 2.12 bits per heavy atom. The van der Waals surface area contributed by atoms with Crippen LogP contribution in [0.25, 0.3) is 0 Å². The SMILES string of the molecule is CCC(C)C(CO)NC(C)c1ccc(Br)s1. The normalized spacial score (nSPS) is 17.1. The molecule has 0 aromatic carbocycles. The second-order valence-corrected chi connectivity index (χ2v) is 6.70. The summed E-state index contributed by atoms with van der Waals surface area (Å²) in [5.74, 6) is 0.496. The summed E-state index contributed by atoms with van der Waals surface area (Å²) in [7, 11) is 0. The van der Waals surface area contributed by atoms with E-state index in [1.807, 2.05) is 0 Å². The maximum Gasteiger partial charge on any atom is 0.0701 e. The zero-order valence-corrected chi connectivity index (χ0v) is 12.4. The van der Waals surface area contributed by atoms with Crippen molar-refractivity contribution in [3.8, 4) is 0 Å². The first-order valence-electron chi connectivity index (χ1n) is 5.70. The quantitative estimate of drug-likeness (QED) is 0.842. The van der Waals surface area contributed by atoms with Crippen LogP contribution >= 0.6 is 27.3 Å². The third-order valence-corrected chi connectivity index (χ3v) is 4.82. The van der Waals surface area contributed by atoms with Crippen LogP contribution < -0.4 is 5.32 Å². The zero-order chi connectivity index (χ0) is 12.1. The van der Waals surface area contributed by atoms with Crippen molar-refractivity contribution in [3.63, 3.8) is 0 Å². The number of rotatable bonds is 6. The number of aliphatic hydroxyl groups is 1.